The number of hydrogen-bond donors (Lipinski definition) is 1. The molecule has 2 aromatic rings. The van der Waals surface area contributed by atoms with E-state index in [-0.39, 0.29) is 11.6 Å². The Hall–Kier alpha value is -1.88. The summed E-state index contributed by atoms with van der Waals surface area (Å²) in [7, 11) is 1.88. The van der Waals surface area contributed by atoms with Crippen molar-refractivity contribution in [2.24, 2.45) is 7.05 Å². The van der Waals surface area contributed by atoms with Gasteiger partial charge < -0.3 is 10.1 Å². The van der Waals surface area contributed by atoms with Crippen molar-refractivity contribution in [3.63, 3.8) is 0 Å². The predicted molar refractivity (Wildman–Crippen MR) is 76.6 cm³/mol. The Labute approximate surface area is 119 Å². The number of benzene rings is 1. The average molecular weight is 272 g/mol. The van der Waals surface area contributed by atoms with Crippen LogP contribution in [0.4, 0.5) is 0 Å². The number of para-hydroxylation sites is 1. The summed E-state index contributed by atoms with van der Waals surface area (Å²) >= 11 is 0. The molecule has 0 spiro atoms. The fraction of sp³-hybridized carbons (Fsp3) is 0.467. The van der Waals surface area contributed by atoms with Gasteiger partial charge in [0.1, 0.15) is 17.7 Å². The minimum Gasteiger partial charge on any atom is -0.486 e. The van der Waals surface area contributed by atoms with E-state index in [4.69, 9.17) is 4.74 Å². The van der Waals surface area contributed by atoms with Crippen LogP contribution in [0.5, 0.6) is 5.75 Å². The second kappa shape index (κ2) is 4.90. The lowest BCUT2D eigenvalue weighted by atomic mass is 9.94. The van der Waals surface area contributed by atoms with E-state index < -0.39 is 0 Å². The zero-order chi connectivity index (χ0) is 14.2. The maximum absolute atomic E-state index is 6.02. The van der Waals surface area contributed by atoms with Crippen LogP contribution in [-0.2, 0) is 13.5 Å². The summed E-state index contributed by atoms with van der Waals surface area (Å²) in [4.78, 5) is 4.24. The smallest absolute Gasteiger partial charge is 0.151 e. The molecule has 1 unspecified atom stereocenters. The second-order valence-electron chi connectivity index (χ2n) is 5.71. The molecule has 0 radical (unpaired) electrons. The van der Waals surface area contributed by atoms with Gasteiger partial charge in [-0.15, -0.1) is 0 Å². The van der Waals surface area contributed by atoms with Crippen molar-refractivity contribution in [3.05, 3.63) is 42.0 Å². The monoisotopic (exact) mass is 272 g/mol. The number of hydrogen-bond acceptors (Lipinski definition) is 4. The highest BCUT2D eigenvalue weighted by atomic mass is 16.5. The molecule has 20 heavy (non-hydrogen) atoms. The molecule has 1 atom stereocenters. The van der Waals surface area contributed by atoms with Crippen LogP contribution in [0.1, 0.15) is 31.3 Å². The molecule has 0 aliphatic carbocycles. The highest BCUT2D eigenvalue weighted by molar-refractivity contribution is 5.42. The van der Waals surface area contributed by atoms with Gasteiger partial charge in [-0.3, -0.25) is 4.68 Å². The number of nitrogens with zero attached hydrogens (tertiary/aromatic N) is 3. The molecule has 3 rings (SSSR count). The van der Waals surface area contributed by atoms with Crippen molar-refractivity contribution in [3.8, 4) is 5.75 Å². The Morgan fingerprint density at radius 2 is 2.15 bits per heavy atom. The SMILES string of the molecule is Cn1cnc(CCNC2c3ccccc3OC2(C)C)n1. The summed E-state index contributed by atoms with van der Waals surface area (Å²) in [6.07, 6.45) is 2.54. The van der Waals surface area contributed by atoms with E-state index in [0.717, 1.165) is 24.5 Å². The fourth-order valence-electron chi connectivity index (χ4n) is 2.71. The molecule has 5 heteroatoms. The first-order valence-corrected chi connectivity index (χ1v) is 6.92. The van der Waals surface area contributed by atoms with Crippen LogP contribution >= 0.6 is 0 Å². The van der Waals surface area contributed by atoms with Gasteiger partial charge in [0, 0.05) is 25.6 Å². The second-order valence-corrected chi connectivity index (χ2v) is 5.71. The van der Waals surface area contributed by atoms with Crippen LogP contribution in [0.3, 0.4) is 0 Å². The molecule has 1 N–H and O–H groups in total. The normalized spacial score (nSPS) is 19.6. The van der Waals surface area contributed by atoms with E-state index >= 15 is 0 Å². The summed E-state index contributed by atoms with van der Waals surface area (Å²) in [5.41, 5.74) is 0.993. The number of nitrogens with one attached hydrogen (secondary N) is 1. The lowest BCUT2D eigenvalue weighted by Crippen LogP contribution is -2.39. The highest BCUT2D eigenvalue weighted by Crippen LogP contribution is 2.42. The fourth-order valence-corrected chi connectivity index (χ4v) is 2.71. The Morgan fingerprint density at radius 3 is 2.90 bits per heavy atom. The third-order valence-corrected chi connectivity index (χ3v) is 3.64. The van der Waals surface area contributed by atoms with Crippen molar-refractivity contribution in [2.75, 3.05) is 6.54 Å². The molecular weight excluding hydrogens is 252 g/mol. The topological polar surface area (TPSA) is 52.0 Å². The molecule has 0 saturated carbocycles. The van der Waals surface area contributed by atoms with Gasteiger partial charge in [-0.1, -0.05) is 18.2 Å². The van der Waals surface area contributed by atoms with Crippen molar-refractivity contribution in [1.29, 1.82) is 0 Å². The molecule has 0 amide bonds. The van der Waals surface area contributed by atoms with Crippen molar-refractivity contribution < 1.29 is 4.74 Å². The minimum absolute atomic E-state index is 0.197. The molecule has 1 aromatic carbocycles. The standard InChI is InChI=1S/C15H20N4O/c1-15(2)14(11-6-4-5-7-12(11)20-15)16-9-8-13-17-10-19(3)18-13/h4-7,10,14,16H,8-9H2,1-3H3. The lowest BCUT2D eigenvalue weighted by molar-refractivity contribution is 0.0967. The Bertz CT molecular complexity index is 605. The Morgan fingerprint density at radius 1 is 1.35 bits per heavy atom. The maximum atomic E-state index is 6.02. The van der Waals surface area contributed by atoms with Crippen LogP contribution in [0.15, 0.2) is 30.6 Å². The van der Waals surface area contributed by atoms with Crippen molar-refractivity contribution in [2.45, 2.75) is 31.9 Å². The third-order valence-electron chi connectivity index (χ3n) is 3.64. The van der Waals surface area contributed by atoms with Crippen LogP contribution in [0.25, 0.3) is 0 Å². The first kappa shape index (κ1) is 13.1. The Balaban J connectivity index is 1.67. The zero-order valence-electron chi connectivity index (χ0n) is 12.1. The molecule has 106 valence electrons. The summed E-state index contributed by atoms with van der Waals surface area (Å²) < 4.78 is 7.75. The number of ether oxygens (including phenoxy) is 1. The highest BCUT2D eigenvalue weighted by Gasteiger charge is 2.40. The maximum Gasteiger partial charge on any atom is 0.151 e. The molecule has 5 nitrogen and oxygen atoms in total. The van der Waals surface area contributed by atoms with Crippen molar-refractivity contribution >= 4 is 0 Å². The molecule has 2 heterocycles. The third kappa shape index (κ3) is 2.41. The first-order chi connectivity index (χ1) is 9.56. The van der Waals surface area contributed by atoms with Gasteiger partial charge >= 0.3 is 0 Å². The number of fused-ring (bicyclic) bond motifs is 1. The van der Waals surface area contributed by atoms with Crippen LogP contribution < -0.4 is 10.1 Å². The molecule has 1 aromatic heterocycles. The number of aryl methyl sites for hydroxylation is 1. The van der Waals surface area contributed by atoms with Gasteiger partial charge in [0.05, 0.1) is 6.04 Å². The largest absolute Gasteiger partial charge is 0.486 e. The summed E-state index contributed by atoms with van der Waals surface area (Å²) in [6, 6.07) is 8.41. The van der Waals surface area contributed by atoms with E-state index in [1.165, 1.54) is 5.56 Å². The zero-order valence-corrected chi connectivity index (χ0v) is 12.1. The first-order valence-electron chi connectivity index (χ1n) is 6.92. The summed E-state index contributed by atoms with van der Waals surface area (Å²) in [5.74, 6) is 1.84. The van der Waals surface area contributed by atoms with Crippen LogP contribution in [-0.4, -0.2) is 26.9 Å². The summed E-state index contributed by atoms with van der Waals surface area (Å²) in [6.45, 7) is 5.06. The van der Waals surface area contributed by atoms with E-state index in [2.05, 4.69) is 41.4 Å². The quantitative estimate of drug-likeness (QED) is 0.923. The average Bonchev–Trinajstić information content (AvgIpc) is 2.91. The van der Waals surface area contributed by atoms with Gasteiger partial charge in [-0.2, -0.15) is 5.10 Å². The van der Waals surface area contributed by atoms with Gasteiger partial charge in [-0.05, 0) is 19.9 Å². The van der Waals surface area contributed by atoms with Crippen LogP contribution in [0.2, 0.25) is 0 Å². The van der Waals surface area contributed by atoms with Gasteiger partial charge in [0.2, 0.25) is 0 Å². The minimum atomic E-state index is -0.235. The van der Waals surface area contributed by atoms with E-state index in [1.54, 1.807) is 11.0 Å². The van der Waals surface area contributed by atoms with Crippen molar-refractivity contribution in [1.82, 2.24) is 20.1 Å². The lowest BCUT2D eigenvalue weighted by Gasteiger charge is -2.27. The van der Waals surface area contributed by atoms with E-state index in [9.17, 15) is 0 Å². The van der Waals surface area contributed by atoms with Gasteiger partial charge in [-0.25, -0.2) is 4.98 Å². The molecule has 0 saturated heterocycles. The number of aromatic nitrogens is 3. The Kier molecular flexibility index (Phi) is 3.22. The molecule has 1 aliphatic rings. The predicted octanol–water partition coefficient (Wildman–Crippen LogP) is 1.86. The van der Waals surface area contributed by atoms with Gasteiger partial charge in [0.25, 0.3) is 0 Å². The molecule has 0 bridgehead atoms. The molecular formula is C15H20N4O. The molecule has 0 fully saturated rings. The van der Waals surface area contributed by atoms with E-state index in [0.29, 0.717) is 0 Å². The van der Waals surface area contributed by atoms with E-state index in [1.807, 2.05) is 19.2 Å². The summed E-state index contributed by atoms with van der Waals surface area (Å²) in [5, 5.41) is 7.86. The van der Waals surface area contributed by atoms with Crippen LogP contribution in [0, 0.1) is 0 Å². The molecule has 1 aliphatic heterocycles. The van der Waals surface area contributed by atoms with Gasteiger partial charge in [0.15, 0.2) is 5.82 Å². The number of rotatable bonds is 4.